The first-order chi connectivity index (χ1) is 7.42. The third-order valence-corrected chi connectivity index (χ3v) is 2.57. The van der Waals surface area contributed by atoms with E-state index in [2.05, 4.69) is 12.2 Å². The van der Waals surface area contributed by atoms with Crippen LogP contribution >= 0.6 is 0 Å². The summed E-state index contributed by atoms with van der Waals surface area (Å²) in [5.41, 5.74) is -0.401. The predicted octanol–water partition coefficient (Wildman–Crippen LogP) is 2.00. The maximum atomic E-state index is 11.8. The Bertz CT molecular complexity index is 234. The number of nitrogens with one attached hydrogen (secondary N) is 1. The van der Waals surface area contributed by atoms with E-state index in [0.29, 0.717) is 6.04 Å². The molecule has 0 radical (unpaired) electrons. The highest BCUT2D eigenvalue weighted by atomic mass is 16.6. The highest BCUT2D eigenvalue weighted by Gasteiger charge is 2.26. The molecule has 1 saturated heterocycles. The van der Waals surface area contributed by atoms with E-state index in [-0.39, 0.29) is 6.09 Å². The fraction of sp³-hybridized carbons (Fsp3) is 0.917. The van der Waals surface area contributed by atoms with Crippen LogP contribution < -0.4 is 5.32 Å². The van der Waals surface area contributed by atoms with Gasteiger partial charge >= 0.3 is 6.09 Å². The maximum Gasteiger partial charge on any atom is 0.410 e. The molecule has 1 amide bonds. The average molecular weight is 228 g/mol. The lowest BCUT2D eigenvalue weighted by Crippen LogP contribution is -2.49. The van der Waals surface area contributed by atoms with Crippen LogP contribution in [0, 0.1) is 0 Å². The van der Waals surface area contributed by atoms with Gasteiger partial charge in [0.1, 0.15) is 5.60 Å². The van der Waals surface area contributed by atoms with Crippen LogP contribution in [0.25, 0.3) is 0 Å². The molecule has 0 aromatic heterocycles. The molecule has 4 heteroatoms. The minimum absolute atomic E-state index is 0.185. The fourth-order valence-corrected chi connectivity index (χ4v) is 1.92. The number of rotatable bonds is 2. The standard InChI is InChI=1S/C12H24N2O2/c1-5-13-10-7-6-8-14(9-10)11(15)16-12(2,3)4/h10,13H,5-9H2,1-4H3. The second-order valence-electron chi connectivity index (χ2n) is 5.32. The first-order valence-electron chi connectivity index (χ1n) is 6.13. The van der Waals surface area contributed by atoms with Gasteiger partial charge in [0, 0.05) is 19.1 Å². The maximum absolute atomic E-state index is 11.8. The normalized spacial score (nSPS) is 22.0. The molecule has 0 spiro atoms. The third kappa shape index (κ3) is 4.39. The van der Waals surface area contributed by atoms with Gasteiger partial charge in [0.2, 0.25) is 0 Å². The number of nitrogens with zero attached hydrogens (tertiary/aromatic N) is 1. The molecular formula is C12H24N2O2. The van der Waals surface area contributed by atoms with E-state index in [0.717, 1.165) is 32.5 Å². The zero-order chi connectivity index (χ0) is 12.2. The van der Waals surface area contributed by atoms with Crippen molar-refractivity contribution >= 4 is 6.09 Å². The van der Waals surface area contributed by atoms with E-state index < -0.39 is 5.60 Å². The van der Waals surface area contributed by atoms with Crippen molar-refractivity contribution in [2.75, 3.05) is 19.6 Å². The molecule has 0 saturated carbocycles. The predicted molar refractivity (Wildman–Crippen MR) is 64.5 cm³/mol. The molecule has 94 valence electrons. The van der Waals surface area contributed by atoms with E-state index in [4.69, 9.17) is 4.74 Å². The van der Waals surface area contributed by atoms with Crippen molar-refractivity contribution in [3.8, 4) is 0 Å². The summed E-state index contributed by atoms with van der Waals surface area (Å²) in [5, 5.41) is 3.38. The number of hydrogen-bond donors (Lipinski definition) is 1. The van der Waals surface area contributed by atoms with Crippen molar-refractivity contribution in [1.29, 1.82) is 0 Å². The van der Waals surface area contributed by atoms with Crippen molar-refractivity contribution < 1.29 is 9.53 Å². The van der Waals surface area contributed by atoms with Gasteiger partial charge in [-0.1, -0.05) is 6.92 Å². The highest BCUT2D eigenvalue weighted by Crippen LogP contribution is 2.15. The molecule has 16 heavy (non-hydrogen) atoms. The zero-order valence-corrected chi connectivity index (χ0v) is 10.9. The van der Waals surface area contributed by atoms with Gasteiger partial charge in [-0.25, -0.2) is 4.79 Å². The molecule has 1 atom stereocenters. The molecule has 1 aliphatic rings. The molecular weight excluding hydrogens is 204 g/mol. The molecule has 1 aliphatic heterocycles. The number of likely N-dealkylation sites (tertiary alicyclic amines) is 1. The first-order valence-corrected chi connectivity index (χ1v) is 6.13. The van der Waals surface area contributed by atoms with Crippen molar-refractivity contribution in [3.05, 3.63) is 0 Å². The van der Waals surface area contributed by atoms with Crippen molar-refractivity contribution in [1.82, 2.24) is 10.2 Å². The summed E-state index contributed by atoms with van der Waals surface area (Å²) in [6.45, 7) is 10.3. The zero-order valence-electron chi connectivity index (χ0n) is 10.9. The number of ether oxygens (including phenoxy) is 1. The topological polar surface area (TPSA) is 41.6 Å². The monoisotopic (exact) mass is 228 g/mol. The largest absolute Gasteiger partial charge is 0.444 e. The summed E-state index contributed by atoms with van der Waals surface area (Å²) in [6, 6.07) is 0.422. The lowest BCUT2D eigenvalue weighted by molar-refractivity contribution is 0.0188. The number of carbonyl (C=O) groups excluding carboxylic acids is 1. The van der Waals surface area contributed by atoms with Crippen LogP contribution in [0.3, 0.4) is 0 Å². The Labute approximate surface area is 98.3 Å². The molecule has 0 aliphatic carbocycles. The van der Waals surface area contributed by atoms with Crippen molar-refractivity contribution in [3.63, 3.8) is 0 Å². The van der Waals surface area contributed by atoms with Crippen LogP contribution in [0.2, 0.25) is 0 Å². The highest BCUT2D eigenvalue weighted by molar-refractivity contribution is 5.68. The third-order valence-electron chi connectivity index (χ3n) is 2.57. The fourth-order valence-electron chi connectivity index (χ4n) is 1.92. The van der Waals surface area contributed by atoms with Crippen LogP contribution in [0.1, 0.15) is 40.5 Å². The molecule has 4 nitrogen and oxygen atoms in total. The number of likely N-dealkylation sites (N-methyl/N-ethyl adjacent to an activating group) is 1. The Morgan fingerprint density at radius 2 is 2.19 bits per heavy atom. The summed E-state index contributed by atoms with van der Waals surface area (Å²) in [5.74, 6) is 0. The number of hydrogen-bond acceptors (Lipinski definition) is 3. The average Bonchev–Trinajstić information content (AvgIpc) is 2.16. The lowest BCUT2D eigenvalue weighted by Gasteiger charge is -2.34. The molecule has 0 aromatic rings. The summed E-state index contributed by atoms with van der Waals surface area (Å²) in [6.07, 6.45) is 2.01. The minimum atomic E-state index is -0.401. The summed E-state index contributed by atoms with van der Waals surface area (Å²) < 4.78 is 5.36. The van der Waals surface area contributed by atoms with Gasteiger partial charge < -0.3 is 15.0 Å². The van der Waals surface area contributed by atoms with Crippen LogP contribution in [-0.2, 0) is 4.74 Å². The van der Waals surface area contributed by atoms with Crippen LogP contribution in [0.4, 0.5) is 4.79 Å². The summed E-state index contributed by atoms with van der Waals surface area (Å²) in [7, 11) is 0. The van der Waals surface area contributed by atoms with E-state index in [9.17, 15) is 4.79 Å². The Kier molecular flexibility index (Phi) is 4.59. The minimum Gasteiger partial charge on any atom is -0.444 e. The second kappa shape index (κ2) is 5.53. The van der Waals surface area contributed by atoms with Gasteiger partial charge in [-0.3, -0.25) is 0 Å². The summed E-state index contributed by atoms with van der Waals surface area (Å²) in [4.78, 5) is 13.6. The van der Waals surface area contributed by atoms with Crippen LogP contribution in [0.5, 0.6) is 0 Å². The van der Waals surface area contributed by atoms with Gasteiger partial charge in [0.15, 0.2) is 0 Å². The van der Waals surface area contributed by atoms with E-state index in [1.165, 1.54) is 0 Å². The molecule has 1 rings (SSSR count). The number of carbonyl (C=O) groups is 1. The molecule has 1 heterocycles. The quantitative estimate of drug-likeness (QED) is 0.786. The molecule has 1 N–H and O–H groups in total. The molecule has 1 unspecified atom stereocenters. The summed E-state index contributed by atoms with van der Waals surface area (Å²) >= 11 is 0. The van der Waals surface area contributed by atoms with E-state index >= 15 is 0 Å². The first kappa shape index (κ1) is 13.3. The Morgan fingerprint density at radius 3 is 2.75 bits per heavy atom. The van der Waals surface area contributed by atoms with E-state index in [1.807, 2.05) is 25.7 Å². The van der Waals surface area contributed by atoms with Gasteiger partial charge in [-0.15, -0.1) is 0 Å². The SMILES string of the molecule is CCNC1CCCN(C(=O)OC(C)(C)C)C1. The smallest absolute Gasteiger partial charge is 0.410 e. The Hall–Kier alpha value is -0.770. The van der Waals surface area contributed by atoms with E-state index in [1.54, 1.807) is 0 Å². The number of piperidine rings is 1. The molecule has 1 fully saturated rings. The van der Waals surface area contributed by atoms with Gasteiger partial charge in [0.05, 0.1) is 0 Å². The Morgan fingerprint density at radius 1 is 1.50 bits per heavy atom. The second-order valence-corrected chi connectivity index (χ2v) is 5.32. The van der Waals surface area contributed by atoms with Crippen LogP contribution in [-0.4, -0.2) is 42.3 Å². The molecule has 0 aromatic carbocycles. The van der Waals surface area contributed by atoms with Gasteiger partial charge in [-0.2, -0.15) is 0 Å². The van der Waals surface area contributed by atoms with Gasteiger partial charge in [-0.05, 0) is 40.2 Å². The van der Waals surface area contributed by atoms with Crippen molar-refractivity contribution in [2.45, 2.75) is 52.2 Å². The van der Waals surface area contributed by atoms with Crippen LogP contribution in [0.15, 0.2) is 0 Å². The molecule has 0 bridgehead atoms. The Balaban J connectivity index is 2.44. The van der Waals surface area contributed by atoms with Gasteiger partial charge in [0.25, 0.3) is 0 Å². The van der Waals surface area contributed by atoms with Crippen molar-refractivity contribution in [2.24, 2.45) is 0 Å². The number of amides is 1. The lowest BCUT2D eigenvalue weighted by atomic mass is 10.1.